The minimum absolute atomic E-state index is 0.0146. The third-order valence-electron chi connectivity index (χ3n) is 4.36. The number of hydrogen-bond acceptors (Lipinski definition) is 5. The minimum Gasteiger partial charge on any atom is -0.339 e. The monoisotopic (exact) mass is 374 g/mol. The first-order valence-electron chi connectivity index (χ1n) is 8.93. The zero-order valence-corrected chi connectivity index (χ0v) is 16.3. The summed E-state index contributed by atoms with van der Waals surface area (Å²) in [4.78, 5) is 32.3. The fourth-order valence-electron chi connectivity index (χ4n) is 3.00. The van der Waals surface area contributed by atoms with Gasteiger partial charge in [0.25, 0.3) is 5.91 Å². The first-order chi connectivity index (χ1) is 13.3. The van der Waals surface area contributed by atoms with E-state index < -0.39 is 0 Å². The Morgan fingerprint density at radius 1 is 0.893 bits per heavy atom. The van der Waals surface area contributed by atoms with Gasteiger partial charge < -0.3 is 10.6 Å². The van der Waals surface area contributed by atoms with Gasteiger partial charge in [0, 0.05) is 16.9 Å². The molecule has 142 valence electrons. The van der Waals surface area contributed by atoms with Crippen LogP contribution in [0.2, 0.25) is 0 Å². The van der Waals surface area contributed by atoms with Gasteiger partial charge in [-0.05, 0) is 63.1 Å². The van der Waals surface area contributed by atoms with Gasteiger partial charge in [-0.1, -0.05) is 17.7 Å². The van der Waals surface area contributed by atoms with E-state index in [0.29, 0.717) is 11.4 Å². The lowest BCUT2D eigenvalue weighted by molar-refractivity contribution is 0.101. The number of aromatic nitrogens is 2. The van der Waals surface area contributed by atoms with E-state index in [0.717, 1.165) is 28.1 Å². The number of anilines is 3. The molecule has 1 amide bonds. The van der Waals surface area contributed by atoms with E-state index in [1.54, 1.807) is 24.3 Å². The summed E-state index contributed by atoms with van der Waals surface area (Å²) in [7, 11) is 0. The molecule has 0 fully saturated rings. The summed E-state index contributed by atoms with van der Waals surface area (Å²) in [6.45, 7) is 7.48. The average Bonchev–Trinajstić information content (AvgIpc) is 2.65. The molecule has 0 bridgehead atoms. The van der Waals surface area contributed by atoms with E-state index in [4.69, 9.17) is 0 Å². The van der Waals surface area contributed by atoms with Crippen LogP contribution in [-0.4, -0.2) is 21.7 Å². The summed E-state index contributed by atoms with van der Waals surface area (Å²) in [6, 6.07) is 11.1. The fourth-order valence-corrected chi connectivity index (χ4v) is 3.00. The molecule has 0 saturated heterocycles. The first-order valence-corrected chi connectivity index (χ1v) is 8.93. The highest BCUT2D eigenvalue weighted by Crippen LogP contribution is 2.22. The van der Waals surface area contributed by atoms with E-state index in [1.807, 2.05) is 32.9 Å². The molecule has 0 unspecified atom stereocenters. The molecule has 0 atom stereocenters. The quantitative estimate of drug-likeness (QED) is 0.638. The summed E-state index contributed by atoms with van der Waals surface area (Å²) in [6.07, 6.45) is 2.93. The number of carbonyl (C=O) groups is 2. The SMILES string of the molecule is CC(=O)c1ccc(Nc2cnc(C(=O)Nc3c(C)cc(C)cc3C)cn2)cc1. The highest BCUT2D eigenvalue weighted by atomic mass is 16.2. The Kier molecular flexibility index (Phi) is 5.49. The molecule has 0 spiro atoms. The molecule has 1 heterocycles. The second-order valence-corrected chi connectivity index (χ2v) is 6.77. The first kappa shape index (κ1) is 19.2. The van der Waals surface area contributed by atoms with Crippen LogP contribution in [-0.2, 0) is 0 Å². The molecule has 0 aliphatic rings. The largest absolute Gasteiger partial charge is 0.339 e. The van der Waals surface area contributed by atoms with E-state index in [9.17, 15) is 9.59 Å². The number of amides is 1. The summed E-state index contributed by atoms with van der Waals surface area (Å²) in [5.74, 6) is 0.218. The summed E-state index contributed by atoms with van der Waals surface area (Å²) < 4.78 is 0. The van der Waals surface area contributed by atoms with Gasteiger partial charge in [0.05, 0.1) is 12.4 Å². The highest BCUT2D eigenvalue weighted by molar-refractivity contribution is 6.03. The molecule has 28 heavy (non-hydrogen) atoms. The van der Waals surface area contributed by atoms with Gasteiger partial charge in [0.15, 0.2) is 5.78 Å². The van der Waals surface area contributed by atoms with Crippen molar-refractivity contribution in [2.75, 3.05) is 10.6 Å². The maximum absolute atomic E-state index is 12.5. The van der Waals surface area contributed by atoms with Crippen molar-refractivity contribution in [3.05, 3.63) is 76.7 Å². The maximum Gasteiger partial charge on any atom is 0.275 e. The van der Waals surface area contributed by atoms with Crippen LogP contribution in [0.4, 0.5) is 17.2 Å². The standard InChI is InChI=1S/C22H22N4O2/c1-13-9-14(2)21(15(3)10-13)26-22(28)19-11-24-20(12-23-19)25-18-7-5-17(6-8-18)16(4)27/h5-12H,1-4H3,(H,24,25)(H,26,28). The number of nitrogens with one attached hydrogen (secondary N) is 2. The Bertz CT molecular complexity index is 1000. The van der Waals surface area contributed by atoms with Crippen molar-refractivity contribution in [3.63, 3.8) is 0 Å². The van der Waals surface area contributed by atoms with Gasteiger partial charge >= 0.3 is 0 Å². The van der Waals surface area contributed by atoms with Gasteiger partial charge in [-0.25, -0.2) is 9.97 Å². The van der Waals surface area contributed by atoms with E-state index in [-0.39, 0.29) is 17.4 Å². The number of nitrogens with zero attached hydrogens (tertiary/aromatic N) is 2. The summed E-state index contributed by atoms with van der Waals surface area (Å²) >= 11 is 0. The average molecular weight is 374 g/mol. The van der Waals surface area contributed by atoms with Crippen LogP contribution in [0.3, 0.4) is 0 Å². The molecule has 0 aliphatic carbocycles. The smallest absolute Gasteiger partial charge is 0.275 e. The molecule has 1 aromatic heterocycles. The Morgan fingerprint density at radius 3 is 2.07 bits per heavy atom. The van der Waals surface area contributed by atoms with Crippen LogP contribution in [0, 0.1) is 20.8 Å². The van der Waals surface area contributed by atoms with Crippen LogP contribution in [0.15, 0.2) is 48.8 Å². The highest BCUT2D eigenvalue weighted by Gasteiger charge is 2.12. The molecule has 0 aliphatic heterocycles. The van der Waals surface area contributed by atoms with Crippen LogP contribution < -0.4 is 10.6 Å². The Hall–Kier alpha value is -3.54. The molecule has 0 saturated carbocycles. The molecule has 6 heteroatoms. The van der Waals surface area contributed by atoms with Crippen LogP contribution in [0.1, 0.15) is 44.5 Å². The summed E-state index contributed by atoms with van der Waals surface area (Å²) in [5.41, 5.74) is 5.62. The molecule has 2 aromatic carbocycles. The normalized spacial score (nSPS) is 10.4. The van der Waals surface area contributed by atoms with E-state index >= 15 is 0 Å². The van der Waals surface area contributed by atoms with Crippen molar-refractivity contribution in [2.45, 2.75) is 27.7 Å². The van der Waals surface area contributed by atoms with Crippen molar-refractivity contribution in [1.29, 1.82) is 0 Å². The zero-order valence-electron chi connectivity index (χ0n) is 16.3. The molecular weight excluding hydrogens is 352 g/mol. The lowest BCUT2D eigenvalue weighted by Crippen LogP contribution is -2.16. The van der Waals surface area contributed by atoms with Crippen LogP contribution >= 0.6 is 0 Å². The number of aryl methyl sites for hydroxylation is 3. The lowest BCUT2D eigenvalue weighted by Gasteiger charge is -2.12. The molecule has 6 nitrogen and oxygen atoms in total. The summed E-state index contributed by atoms with van der Waals surface area (Å²) in [5, 5.41) is 6.01. The zero-order chi connectivity index (χ0) is 20.3. The topological polar surface area (TPSA) is 84.0 Å². The second-order valence-electron chi connectivity index (χ2n) is 6.77. The lowest BCUT2D eigenvalue weighted by atomic mass is 10.1. The van der Waals surface area contributed by atoms with Crippen molar-refractivity contribution in [2.24, 2.45) is 0 Å². The van der Waals surface area contributed by atoms with Crippen molar-refractivity contribution in [3.8, 4) is 0 Å². The van der Waals surface area contributed by atoms with Crippen molar-refractivity contribution < 1.29 is 9.59 Å². The molecule has 3 aromatic rings. The minimum atomic E-state index is -0.306. The number of benzene rings is 2. The number of rotatable bonds is 5. The number of carbonyl (C=O) groups excluding carboxylic acids is 2. The molecule has 0 radical (unpaired) electrons. The molecular formula is C22H22N4O2. The predicted molar refractivity (Wildman–Crippen MR) is 110 cm³/mol. The number of Topliss-reactive ketones (excluding diaryl/α,β-unsaturated/α-hetero) is 1. The Morgan fingerprint density at radius 2 is 1.54 bits per heavy atom. The van der Waals surface area contributed by atoms with Gasteiger partial charge in [-0.2, -0.15) is 0 Å². The number of hydrogen-bond donors (Lipinski definition) is 2. The molecule has 2 N–H and O–H groups in total. The van der Waals surface area contributed by atoms with Crippen molar-refractivity contribution >= 4 is 28.9 Å². The van der Waals surface area contributed by atoms with Gasteiger partial charge in [0.2, 0.25) is 0 Å². The number of ketones is 1. The Balaban J connectivity index is 1.70. The van der Waals surface area contributed by atoms with Crippen LogP contribution in [0.5, 0.6) is 0 Å². The van der Waals surface area contributed by atoms with Crippen molar-refractivity contribution in [1.82, 2.24) is 9.97 Å². The van der Waals surface area contributed by atoms with Gasteiger partial charge in [-0.3, -0.25) is 9.59 Å². The third kappa shape index (κ3) is 4.40. The maximum atomic E-state index is 12.5. The molecule has 3 rings (SSSR count). The van der Waals surface area contributed by atoms with Gasteiger partial charge in [-0.15, -0.1) is 0 Å². The van der Waals surface area contributed by atoms with Gasteiger partial charge in [0.1, 0.15) is 11.5 Å². The van der Waals surface area contributed by atoms with E-state index in [2.05, 4.69) is 20.6 Å². The second kappa shape index (κ2) is 8.00. The predicted octanol–water partition coefficient (Wildman–Crippen LogP) is 4.60. The van der Waals surface area contributed by atoms with Crippen LogP contribution in [0.25, 0.3) is 0 Å². The third-order valence-corrected chi connectivity index (χ3v) is 4.36. The Labute approximate surface area is 164 Å². The van der Waals surface area contributed by atoms with E-state index in [1.165, 1.54) is 19.3 Å². The fraction of sp³-hybridized carbons (Fsp3) is 0.182.